The molecule has 0 spiro atoms. The lowest BCUT2D eigenvalue weighted by atomic mass is 10.1. The van der Waals surface area contributed by atoms with Crippen molar-refractivity contribution in [1.29, 1.82) is 0 Å². The normalized spacial score (nSPS) is 16.3. The second-order valence-corrected chi connectivity index (χ2v) is 4.89. The fourth-order valence-electron chi connectivity index (χ4n) is 2.21. The van der Waals surface area contributed by atoms with E-state index in [1.807, 2.05) is 19.1 Å². The molecule has 19 heavy (non-hydrogen) atoms. The van der Waals surface area contributed by atoms with Crippen LogP contribution in [0.5, 0.6) is 0 Å². The molecule has 1 aliphatic heterocycles. The predicted octanol–water partition coefficient (Wildman–Crippen LogP) is -0.0461. The van der Waals surface area contributed by atoms with E-state index in [1.165, 1.54) is 0 Å². The number of carbonyl (C=O) groups is 1. The zero-order chi connectivity index (χ0) is 13.5. The summed E-state index contributed by atoms with van der Waals surface area (Å²) < 4.78 is 0. The molecule has 1 aliphatic rings. The first-order chi connectivity index (χ1) is 9.25. The number of carbonyl (C=O) groups excluding carboxylic acids is 1. The Balaban J connectivity index is 1.68. The van der Waals surface area contributed by atoms with Gasteiger partial charge in [0.25, 0.3) is 0 Å². The topological polar surface area (TPSA) is 57.3 Å². The fourth-order valence-corrected chi connectivity index (χ4v) is 2.21. The van der Waals surface area contributed by atoms with Crippen molar-refractivity contribution in [3.63, 3.8) is 0 Å². The number of hydrogen-bond acceptors (Lipinski definition) is 4. The van der Waals surface area contributed by atoms with Crippen LogP contribution in [0.25, 0.3) is 0 Å². The quantitative estimate of drug-likeness (QED) is 0.781. The summed E-state index contributed by atoms with van der Waals surface area (Å²) in [7, 11) is 0. The van der Waals surface area contributed by atoms with Crippen molar-refractivity contribution in [2.75, 3.05) is 39.3 Å². The third-order valence-electron chi connectivity index (χ3n) is 3.41. The Kier molecular flexibility index (Phi) is 5.30. The molecule has 0 aromatic carbocycles. The van der Waals surface area contributed by atoms with Gasteiger partial charge in [-0.05, 0) is 18.6 Å². The van der Waals surface area contributed by atoms with Gasteiger partial charge in [0.15, 0.2) is 0 Å². The van der Waals surface area contributed by atoms with Crippen LogP contribution in [0.15, 0.2) is 18.3 Å². The average molecular weight is 262 g/mol. The van der Waals surface area contributed by atoms with Gasteiger partial charge in [-0.25, -0.2) is 0 Å². The van der Waals surface area contributed by atoms with E-state index in [0.717, 1.165) is 44.0 Å². The molecular weight excluding hydrogens is 240 g/mol. The van der Waals surface area contributed by atoms with Gasteiger partial charge in [0.2, 0.25) is 5.91 Å². The van der Waals surface area contributed by atoms with Gasteiger partial charge in [-0.1, -0.05) is 6.07 Å². The molecule has 2 heterocycles. The van der Waals surface area contributed by atoms with Crippen LogP contribution in [0.4, 0.5) is 0 Å². The molecule has 0 bridgehead atoms. The van der Waals surface area contributed by atoms with Crippen LogP contribution < -0.4 is 10.6 Å². The summed E-state index contributed by atoms with van der Waals surface area (Å²) in [6.45, 7) is 7.84. The third kappa shape index (κ3) is 4.61. The molecule has 1 fully saturated rings. The Labute approximate surface area is 114 Å². The highest BCUT2D eigenvalue weighted by atomic mass is 16.1. The predicted molar refractivity (Wildman–Crippen MR) is 75.0 cm³/mol. The second kappa shape index (κ2) is 7.21. The highest BCUT2D eigenvalue weighted by Gasteiger charge is 2.10. The largest absolute Gasteiger partial charge is 0.354 e. The Morgan fingerprint density at radius 2 is 2.26 bits per heavy atom. The molecule has 1 aromatic heterocycles. The molecule has 0 saturated carbocycles. The summed E-state index contributed by atoms with van der Waals surface area (Å²) in [5, 5.41) is 6.28. The van der Waals surface area contributed by atoms with Crippen LogP contribution in [0, 0.1) is 6.92 Å². The Bertz CT molecular complexity index is 416. The van der Waals surface area contributed by atoms with Crippen LogP contribution in [0.1, 0.15) is 11.3 Å². The fraction of sp³-hybridized carbons (Fsp3) is 0.571. The van der Waals surface area contributed by atoms with Crippen molar-refractivity contribution in [3.05, 3.63) is 29.6 Å². The van der Waals surface area contributed by atoms with Crippen molar-refractivity contribution in [3.8, 4) is 0 Å². The van der Waals surface area contributed by atoms with Gasteiger partial charge in [0.1, 0.15) is 0 Å². The monoisotopic (exact) mass is 262 g/mol. The smallest absolute Gasteiger partial charge is 0.226 e. The summed E-state index contributed by atoms with van der Waals surface area (Å²) in [5.74, 6) is 0.0527. The maximum Gasteiger partial charge on any atom is 0.226 e. The summed E-state index contributed by atoms with van der Waals surface area (Å²) in [6, 6.07) is 3.87. The average Bonchev–Trinajstić information content (AvgIpc) is 2.43. The molecule has 0 radical (unpaired) electrons. The van der Waals surface area contributed by atoms with Crippen molar-refractivity contribution in [1.82, 2.24) is 20.5 Å². The van der Waals surface area contributed by atoms with Gasteiger partial charge in [0.05, 0.1) is 12.1 Å². The number of nitrogens with zero attached hydrogens (tertiary/aromatic N) is 2. The van der Waals surface area contributed by atoms with E-state index < -0.39 is 0 Å². The second-order valence-electron chi connectivity index (χ2n) is 4.89. The first-order valence-corrected chi connectivity index (χ1v) is 6.86. The molecule has 2 N–H and O–H groups in total. The van der Waals surface area contributed by atoms with Gasteiger partial charge in [0, 0.05) is 45.5 Å². The molecule has 1 amide bonds. The number of nitrogens with one attached hydrogen (secondary N) is 2. The Hall–Kier alpha value is -1.46. The molecule has 0 aliphatic carbocycles. The van der Waals surface area contributed by atoms with E-state index in [2.05, 4.69) is 20.5 Å². The standard InChI is InChI=1S/C14H22N4O/c1-12-3-2-4-16-13(12)11-14(19)17-7-10-18-8-5-15-6-9-18/h2-4,15H,5-11H2,1H3,(H,17,19). The molecule has 5 heteroatoms. The molecule has 0 unspecified atom stereocenters. The molecule has 0 atom stereocenters. The maximum atomic E-state index is 11.8. The summed E-state index contributed by atoms with van der Waals surface area (Å²) in [5.41, 5.74) is 1.93. The lowest BCUT2D eigenvalue weighted by Crippen LogP contribution is -2.46. The first kappa shape index (κ1) is 14.0. The first-order valence-electron chi connectivity index (χ1n) is 6.86. The maximum absolute atomic E-state index is 11.8. The number of amides is 1. The summed E-state index contributed by atoms with van der Waals surface area (Å²) >= 11 is 0. The highest BCUT2D eigenvalue weighted by molar-refractivity contribution is 5.78. The summed E-state index contributed by atoms with van der Waals surface area (Å²) in [4.78, 5) is 18.4. The lowest BCUT2D eigenvalue weighted by Gasteiger charge is -2.27. The number of aromatic nitrogens is 1. The molecule has 1 aromatic rings. The third-order valence-corrected chi connectivity index (χ3v) is 3.41. The van der Waals surface area contributed by atoms with Crippen LogP contribution >= 0.6 is 0 Å². The highest BCUT2D eigenvalue weighted by Crippen LogP contribution is 2.03. The van der Waals surface area contributed by atoms with Crippen molar-refractivity contribution in [2.24, 2.45) is 0 Å². The van der Waals surface area contributed by atoms with Gasteiger partial charge < -0.3 is 10.6 Å². The number of rotatable bonds is 5. The number of pyridine rings is 1. The van der Waals surface area contributed by atoms with E-state index in [-0.39, 0.29) is 5.91 Å². The van der Waals surface area contributed by atoms with Crippen molar-refractivity contribution >= 4 is 5.91 Å². The van der Waals surface area contributed by atoms with Crippen LogP contribution in [0.3, 0.4) is 0 Å². The van der Waals surface area contributed by atoms with E-state index in [0.29, 0.717) is 13.0 Å². The minimum absolute atomic E-state index is 0.0527. The number of aryl methyl sites for hydroxylation is 1. The van der Waals surface area contributed by atoms with Gasteiger partial charge in [-0.3, -0.25) is 14.7 Å². The summed E-state index contributed by atoms with van der Waals surface area (Å²) in [6.07, 6.45) is 2.10. The molecule has 5 nitrogen and oxygen atoms in total. The lowest BCUT2D eigenvalue weighted by molar-refractivity contribution is -0.120. The Morgan fingerprint density at radius 1 is 1.47 bits per heavy atom. The molecule has 2 rings (SSSR count). The van der Waals surface area contributed by atoms with Gasteiger partial charge >= 0.3 is 0 Å². The van der Waals surface area contributed by atoms with Gasteiger partial charge in [-0.15, -0.1) is 0 Å². The number of hydrogen-bond donors (Lipinski definition) is 2. The van der Waals surface area contributed by atoms with Crippen LogP contribution in [0.2, 0.25) is 0 Å². The van der Waals surface area contributed by atoms with Crippen molar-refractivity contribution < 1.29 is 4.79 Å². The SMILES string of the molecule is Cc1cccnc1CC(=O)NCCN1CCNCC1. The van der Waals surface area contributed by atoms with Crippen LogP contribution in [-0.2, 0) is 11.2 Å². The van der Waals surface area contributed by atoms with Gasteiger partial charge in [-0.2, -0.15) is 0 Å². The van der Waals surface area contributed by atoms with E-state index in [9.17, 15) is 4.79 Å². The van der Waals surface area contributed by atoms with E-state index in [1.54, 1.807) is 6.20 Å². The minimum Gasteiger partial charge on any atom is -0.354 e. The Morgan fingerprint density at radius 3 is 3.00 bits per heavy atom. The van der Waals surface area contributed by atoms with Crippen LogP contribution in [-0.4, -0.2) is 55.1 Å². The minimum atomic E-state index is 0.0527. The van der Waals surface area contributed by atoms with E-state index in [4.69, 9.17) is 0 Å². The zero-order valence-electron chi connectivity index (χ0n) is 11.5. The molecule has 1 saturated heterocycles. The zero-order valence-corrected chi connectivity index (χ0v) is 11.5. The molecular formula is C14H22N4O. The molecule has 104 valence electrons. The van der Waals surface area contributed by atoms with E-state index >= 15 is 0 Å². The van der Waals surface area contributed by atoms with Crippen molar-refractivity contribution in [2.45, 2.75) is 13.3 Å². The number of piperazine rings is 1.